The standard InChI is InChI=1S/C21H31N3O2/c1-3-21(4-2)15-18(26-20(21)25)9-10-23-11-13-24(14-12-23)19-8-6-5-7-17(19)16-22/h5-8,18,20,25H,3-4,9-15H2,1-2H3. The summed E-state index contributed by atoms with van der Waals surface area (Å²) in [6, 6.07) is 10.1. The Morgan fingerprint density at radius 2 is 1.88 bits per heavy atom. The van der Waals surface area contributed by atoms with Crippen LogP contribution in [0.4, 0.5) is 5.69 Å². The zero-order chi connectivity index (χ0) is 18.6. The van der Waals surface area contributed by atoms with E-state index >= 15 is 0 Å². The average molecular weight is 357 g/mol. The van der Waals surface area contributed by atoms with Crippen molar-refractivity contribution in [1.82, 2.24) is 4.90 Å². The largest absolute Gasteiger partial charge is 0.368 e. The molecule has 2 unspecified atom stereocenters. The van der Waals surface area contributed by atoms with Gasteiger partial charge < -0.3 is 14.7 Å². The van der Waals surface area contributed by atoms with Crippen LogP contribution in [0.15, 0.2) is 24.3 Å². The van der Waals surface area contributed by atoms with Gasteiger partial charge in [0.05, 0.1) is 17.4 Å². The zero-order valence-corrected chi connectivity index (χ0v) is 16.0. The van der Waals surface area contributed by atoms with Gasteiger partial charge in [0.15, 0.2) is 6.29 Å². The molecule has 1 aromatic carbocycles. The monoisotopic (exact) mass is 357 g/mol. The van der Waals surface area contributed by atoms with Crippen LogP contribution in [-0.2, 0) is 4.74 Å². The quantitative estimate of drug-likeness (QED) is 0.848. The van der Waals surface area contributed by atoms with Crippen molar-refractivity contribution >= 4 is 5.69 Å². The van der Waals surface area contributed by atoms with Crippen molar-refractivity contribution in [2.24, 2.45) is 5.41 Å². The van der Waals surface area contributed by atoms with Gasteiger partial charge in [-0.25, -0.2) is 0 Å². The first-order chi connectivity index (χ1) is 12.6. The van der Waals surface area contributed by atoms with E-state index in [1.807, 2.05) is 24.3 Å². The smallest absolute Gasteiger partial charge is 0.160 e. The van der Waals surface area contributed by atoms with Crippen LogP contribution in [0.25, 0.3) is 0 Å². The summed E-state index contributed by atoms with van der Waals surface area (Å²) < 4.78 is 5.85. The predicted molar refractivity (Wildman–Crippen MR) is 103 cm³/mol. The second-order valence-electron chi connectivity index (χ2n) is 7.63. The molecule has 1 aromatic rings. The van der Waals surface area contributed by atoms with Gasteiger partial charge in [0, 0.05) is 38.1 Å². The molecule has 1 N–H and O–H groups in total. The first kappa shape index (κ1) is 19.2. The lowest BCUT2D eigenvalue weighted by Gasteiger charge is -2.36. The number of aliphatic hydroxyl groups is 1. The Morgan fingerprint density at radius 3 is 2.50 bits per heavy atom. The number of aliphatic hydroxyl groups excluding tert-OH is 1. The molecule has 0 aromatic heterocycles. The molecule has 0 bridgehead atoms. The molecule has 0 radical (unpaired) electrons. The molecule has 0 spiro atoms. The van der Waals surface area contributed by atoms with E-state index in [1.54, 1.807) is 0 Å². The summed E-state index contributed by atoms with van der Waals surface area (Å²) in [5.74, 6) is 0. The molecule has 2 aliphatic rings. The summed E-state index contributed by atoms with van der Waals surface area (Å²) in [5, 5.41) is 19.6. The van der Waals surface area contributed by atoms with Gasteiger partial charge in [-0.05, 0) is 37.8 Å². The van der Waals surface area contributed by atoms with Crippen molar-refractivity contribution in [1.29, 1.82) is 5.26 Å². The number of nitrogens with zero attached hydrogens (tertiary/aromatic N) is 3. The Balaban J connectivity index is 1.47. The number of para-hydroxylation sites is 1. The third-order valence-corrected chi connectivity index (χ3v) is 6.39. The van der Waals surface area contributed by atoms with Gasteiger partial charge in [-0.2, -0.15) is 5.26 Å². The van der Waals surface area contributed by atoms with Crippen LogP contribution in [0.3, 0.4) is 0 Å². The third kappa shape index (κ3) is 3.88. The number of rotatable bonds is 6. The minimum absolute atomic E-state index is 0.0512. The van der Waals surface area contributed by atoms with Gasteiger partial charge in [0.2, 0.25) is 0 Å². The normalized spacial score (nSPS) is 26.0. The number of nitriles is 1. The summed E-state index contributed by atoms with van der Waals surface area (Å²) in [6.07, 6.45) is 3.45. The van der Waals surface area contributed by atoms with Gasteiger partial charge in [-0.1, -0.05) is 26.0 Å². The highest BCUT2D eigenvalue weighted by Crippen LogP contribution is 2.44. The van der Waals surface area contributed by atoms with Gasteiger partial charge in [0.25, 0.3) is 0 Å². The molecule has 0 saturated carbocycles. The fraction of sp³-hybridized carbons (Fsp3) is 0.667. The lowest BCUT2D eigenvalue weighted by atomic mass is 9.78. The van der Waals surface area contributed by atoms with E-state index in [1.165, 1.54) is 0 Å². The van der Waals surface area contributed by atoms with E-state index in [2.05, 4.69) is 29.7 Å². The fourth-order valence-electron chi connectivity index (χ4n) is 4.37. The molecule has 0 aliphatic carbocycles. The molecular formula is C21H31N3O2. The van der Waals surface area contributed by atoms with Crippen molar-refractivity contribution in [3.63, 3.8) is 0 Å². The Kier molecular flexibility index (Phi) is 6.18. The van der Waals surface area contributed by atoms with Crippen LogP contribution in [-0.4, -0.2) is 55.1 Å². The van der Waals surface area contributed by atoms with Gasteiger partial charge in [0.1, 0.15) is 6.07 Å². The van der Waals surface area contributed by atoms with Crippen LogP contribution >= 0.6 is 0 Å². The highest BCUT2D eigenvalue weighted by molar-refractivity contribution is 5.59. The molecular weight excluding hydrogens is 326 g/mol. The number of hydrogen-bond donors (Lipinski definition) is 1. The lowest BCUT2D eigenvalue weighted by Crippen LogP contribution is -2.47. The molecule has 142 valence electrons. The molecule has 5 nitrogen and oxygen atoms in total. The average Bonchev–Trinajstić information content (AvgIpc) is 3.02. The van der Waals surface area contributed by atoms with Crippen LogP contribution in [0.1, 0.15) is 45.1 Å². The number of piperazine rings is 1. The number of anilines is 1. The summed E-state index contributed by atoms with van der Waals surface area (Å²) in [6.45, 7) is 9.20. The van der Waals surface area contributed by atoms with Gasteiger partial charge in [-0.15, -0.1) is 0 Å². The summed E-state index contributed by atoms with van der Waals surface area (Å²) in [7, 11) is 0. The molecule has 2 fully saturated rings. The van der Waals surface area contributed by atoms with Crippen LogP contribution < -0.4 is 4.90 Å². The van der Waals surface area contributed by atoms with Gasteiger partial charge in [-0.3, -0.25) is 4.90 Å². The maximum Gasteiger partial charge on any atom is 0.160 e. The molecule has 0 amide bonds. The Bertz CT molecular complexity index is 630. The van der Waals surface area contributed by atoms with E-state index in [4.69, 9.17) is 4.74 Å². The van der Waals surface area contributed by atoms with Gasteiger partial charge >= 0.3 is 0 Å². The topological polar surface area (TPSA) is 59.7 Å². The van der Waals surface area contributed by atoms with Crippen LogP contribution in [0.5, 0.6) is 0 Å². The first-order valence-electron chi connectivity index (χ1n) is 9.92. The molecule has 5 heteroatoms. The van der Waals surface area contributed by atoms with Crippen LogP contribution in [0, 0.1) is 16.7 Å². The van der Waals surface area contributed by atoms with E-state index in [0.29, 0.717) is 0 Å². The van der Waals surface area contributed by atoms with Crippen molar-refractivity contribution in [3.8, 4) is 6.07 Å². The highest BCUT2D eigenvalue weighted by Gasteiger charge is 2.45. The SMILES string of the molecule is CCC1(CC)CC(CCN2CCN(c3ccccc3C#N)CC2)OC1O. The number of benzene rings is 1. The Morgan fingerprint density at radius 1 is 1.19 bits per heavy atom. The van der Waals surface area contributed by atoms with E-state index in [0.717, 1.165) is 69.7 Å². The third-order valence-electron chi connectivity index (χ3n) is 6.39. The molecule has 3 rings (SSSR count). The number of ether oxygens (including phenoxy) is 1. The number of hydrogen-bond acceptors (Lipinski definition) is 5. The molecule has 26 heavy (non-hydrogen) atoms. The van der Waals surface area contributed by atoms with Crippen molar-refractivity contribution in [2.45, 2.75) is 51.9 Å². The first-order valence-corrected chi connectivity index (χ1v) is 9.92. The maximum absolute atomic E-state index is 10.3. The van der Waals surface area contributed by atoms with E-state index in [-0.39, 0.29) is 11.5 Å². The van der Waals surface area contributed by atoms with E-state index in [9.17, 15) is 10.4 Å². The minimum atomic E-state index is -0.609. The Hall–Kier alpha value is -1.61. The second-order valence-corrected chi connectivity index (χ2v) is 7.63. The molecule has 2 aliphatic heterocycles. The fourth-order valence-corrected chi connectivity index (χ4v) is 4.37. The second kappa shape index (κ2) is 8.39. The van der Waals surface area contributed by atoms with E-state index < -0.39 is 6.29 Å². The predicted octanol–water partition coefficient (Wildman–Crippen LogP) is 2.98. The van der Waals surface area contributed by atoms with Crippen LogP contribution in [0.2, 0.25) is 0 Å². The summed E-state index contributed by atoms with van der Waals surface area (Å²) in [4.78, 5) is 4.78. The molecule has 2 heterocycles. The lowest BCUT2D eigenvalue weighted by molar-refractivity contribution is -0.138. The maximum atomic E-state index is 10.3. The summed E-state index contributed by atoms with van der Waals surface area (Å²) >= 11 is 0. The van der Waals surface area contributed by atoms with Crippen molar-refractivity contribution < 1.29 is 9.84 Å². The zero-order valence-electron chi connectivity index (χ0n) is 16.0. The van der Waals surface area contributed by atoms with Crippen molar-refractivity contribution in [2.75, 3.05) is 37.6 Å². The Labute approximate surface area is 157 Å². The van der Waals surface area contributed by atoms with Crippen molar-refractivity contribution in [3.05, 3.63) is 29.8 Å². The molecule has 2 saturated heterocycles. The minimum Gasteiger partial charge on any atom is -0.368 e. The molecule has 2 atom stereocenters. The highest BCUT2D eigenvalue weighted by atomic mass is 16.6. The summed E-state index contributed by atoms with van der Waals surface area (Å²) in [5.41, 5.74) is 1.75.